The van der Waals surface area contributed by atoms with Gasteiger partial charge in [0.05, 0.1) is 12.3 Å². The van der Waals surface area contributed by atoms with Crippen LogP contribution in [0.4, 0.5) is 4.79 Å². The summed E-state index contributed by atoms with van der Waals surface area (Å²) in [5.74, 6) is -2.29. The predicted octanol–water partition coefficient (Wildman–Crippen LogP) is 1.05. The van der Waals surface area contributed by atoms with E-state index in [1.165, 1.54) is 0 Å². The molecule has 0 saturated carbocycles. The van der Waals surface area contributed by atoms with E-state index in [9.17, 15) is 27.9 Å². The highest BCUT2D eigenvalue weighted by Crippen LogP contribution is 2.24. The lowest BCUT2D eigenvalue weighted by atomic mass is 10.2. The molecule has 0 radical (unpaired) electrons. The van der Waals surface area contributed by atoms with E-state index in [1.54, 1.807) is 30.3 Å². The third-order valence-electron chi connectivity index (χ3n) is 5.43. The molecule has 1 fully saturated rings. The summed E-state index contributed by atoms with van der Waals surface area (Å²) in [6, 6.07) is 14.8. The maximum Gasteiger partial charge on any atom is 0.328 e. The Morgan fingerprint density at radius 1 is 0.971 bits per heavy atom. The summed E-state index contributed by atoms with van der Waals surface area (Å²) in [5.41, 5.74) is 1.47. The van der Waals surface area contributed by atoms with Crippen molar-refractivity contribution in [3.63, 3.8) is 0 Å². The van der Waals surface area contributed by atoms with Crippen LogP contribution in [0.3, 0.4) is 0 Å². The van der Waals surface area contributed by atoms with E-state index in [-0.39, 0.29) is 31.8 Å². The van der Waals surface area contributed by atoms with Gasteiger partial charge in [-0.25, -0.2) is 18.0 Å². The van der Waals surface area contributed by atoms with Crippen LogP contribution in [-0.2, 0) is 31.9 Å². The molecule has 3 amide bonds. The lowest BCUT2D eigenvalue weighted by Crippen LogP contribution is -2.54. The molecule has 0 aromatic heterocycles. The summed E-state index contributed by atoms with van der Waals surface area (Å²) < 4.78 is 26.9. The van der Waals surface area contributed by atoms with Gasteiger partial charge in [0.1, 0.15) is 12.1 Å². The third-order valence-corrected chi connectivity index (χ3v) is 7.28. The second-order valence-electron chi connectivity index (χ2n) is 7.96. The van der Waals surface area contributed by atoms with Gasteiger partial charge >= 0.3 is 12.0 Å². The van der Waals surface area contributed by atoms with Crippen LogP contribution in [-0.4, -0.2) is 60.9 Å². The van der Waals surface area contributed by atoms with Crippen molar-refractivity contribution >= 4 is 27.9 Å². The van der Waals surface area contributed by atoms with Crippen molar-refractivity contribution in [3.8, 4) is 0 Å². The van der Waals surface area contributed by atoms with E-state index in [4.69, 9.17) is 0 Å². The van der Waals surface area contributed by atoms with Gasteiger partial charge < -0.3 is 21.1 Å². The maximum atomic E-state index is 12.9. The van der Waals surface area contributed by atoms with Gasteiger partial charge in [0.25, 0.3) is 0 Å². The minimum atomic E-state index is -3.78. The van der Waals surface area contributed by atoms with Crippen molar-refractivity contribution in [2.75, 3.05) is 13.1 Å². The molecule has 4 N–H and O–H groups in total. The van der Waals surface area contributed by atoms with E-state index in [1.807, 2.05) is 30.3 Å². The Kier molecular flexibility index (Phi) is 8.61. The zero-order valence-electron chi connectivity index (χ0n) is 18.5. The zero-order chi connectivity index (χ0) is 24.6. The summed E-state index contributed by atoms with van der Waals surface area (Å²) in [7, 11) is -3.78. The van der Waals surface area contributed by atoms with E-state index in [0.717, 1.165) is 9.87 Å². The number of aliphatic carboxylic acids is 1. The lowest BCUT2D eigenvalue weighted by Gasteiger charge is -2.25. The molecule has 0 unspecified atom stereocenters. The molecule has 0 bridgehead atoms. The number of sulfonamides is 1. The van der Waals surface area contributed by atoms with Crippen LogP contribution >= 0.6 is 0 Å². The number of carbonyl (C=O) groups excluding carboxylic acids is 2. The van der Waals surface area contributed by atoms with Gasteiger partial charge in [0.15, 0.2) is 0 Å². The van der Waals surface area contributed by atoms with Gasteiger partial charge in [-0.1, -0.05) is 60.7 Å². The van der Waals surface area contributed by atoms with E-state index in [0.29, 0.717) is 12.0 Å². The fourth-order valence-electron chi connectivity index (χ4n) is 3.71. The second kappa shape index (κ2) is 11.6. The van der Waals surface area contributed by atoms with Crippen LogP contribution in [0.15, 0.2) is 60.7 Å². The largest absolute Gasteiger partial charge is 0.480 e. The second-order valence-corrected chi connectivity index (χ2v) is 9.88. The first-order chi connectivity index (χ1) is 16.3. The number of nitrogens with zero attached hydrogens (tertiary/aromatic N) is 1. The first-order valence-corrected chi connectivity index (χ1v) is 12.5. The van der Waals surface area contributed by atoms with Crippen molar-refractivity contribution in [1.82, 2.24) is 20.3 Å². The van der Waals surface area contributed by atoms with Crippen LogP contribution in [0, 0.1) is 0 Å². The Labute approximate surface area is 198 Å². The number of carboxylic acids is 1. The van der Waals surface area contributed by atoms with Crippen LogP contribution in [0.1, 0.15) is 24.0 Å². The zero-order valence-corrected chi connectivity index (χ0v) is 19.3. The Morgan fingerprint density at radius 3 is 2.21 bits per heavy atom. The van der Waals surface area contributed by atoms with Crippen molar-refractivity contribution in [1.29, 1.82) is 0 Å². The minimum Gasteiger partial charge on any atom is -0.480 e. The molecule has 0 spiro atoms. The molecule has 1 heterocycles. The van der Waals surface area contributed by atoms with Gasteiger partial charge in [-0.05, 0) is 24.0 Å². The smallest absolute Gasteiger partial charge is 0.328 e. The van der Waals surface area contributed by atoms with Gasteiger partial charge in [0.2, 0.25) is 15.9 Å². The monoisotopic (exact) mass is 488 g/mol. The number of rotatable bonds is 10. The van der Waals surface area contributed by atoms with Crippen LogP contribution in [0.25, 0.3) is 0 Å². The first-order valence-electron chi connectivity index (χ1n) is 10.9. The van der Waals surface area contributed by atoms with Gasteiger partial charge in [-0.2, -0.15) is 4.31 Å². The number of hydrogen-bond donors (Lipinski definition) is 4. The SMILES string of the molecule is O=C(NCc1ccccc1)NC[C@H](NC(=O)[C@@H]1CCCN1S(=O)(=O)Cc1ccccc1)C(=O)O. The molecule has 3 rings (SSSR count). The molecule has 0 aliphatic carbocycles. The number of amides is 3. The fourth-order valence-corrected chi connectivity index (χ4v) is 5.48. The number of carbonyl (C=O) groups is 3. The Morgan fingerprint density at radius 2 is 1.59 bits per heavy atom. The molecule has 34 heavy (non-hydrogen) atoms. The van der Waals surface area contributed by atoms with E-state index >= 15 is 0 Å². The molecule has 1 aliphatic rings. The first kappa shape index (κ1) is 25.2. The average Bonchev–Trinajstić information content (AvgIpc) is 3.32. The third kappa shape index (κ3) is 7.03. The number of urea groups is 1. The highest BCUT2D eigenvalue weighted by Gasteiger charge is 2.39. The number of carboxylic acid groups (broad SMARTS) is 1. The average molecular weight is 489 g/mol. The highest BCUT2D eigenvalue weighted by molar-refractivity contribution is 7.88. The van der Waals surface area contributed by atoms with Gasteiger partial charge in [-0.3, -0.25) is 4.79 Å². The summed E-state index contributed by atoms with van der Waals surface area (Å²) in [5, 5.41) is 16.9. The topological polar surface area (TPSA) is 145 Å². The lowest BCUT2D eigenvalue weighted by molar-refractivity contribution is -0.142. The van der Waals surface area contributed by atoms with Crippen LogP contribution in [0.5, 0.6) is 0 Å². The number of hydrogen-bond acceptors (Lipinski definition) is 5. The summed E-state index contributed by atoms with van der Waals surface area (Å²) >= 11 is 0. The number of nitrogens with one attached hydrogen (secondary N) is 3. The molecule has 10 nitrogen and oxygen atoms in total. The Bertz CT molecular complexity index is 1090. The molecule has 1 aliphatic heterocycles. The normalized spacial score (nSPS) is 17.0. The van der Waals surface area contributed by atoms with Crippen molar-refractivity contribution in [3.05, 3.63) is 71.8 Å². The van der Waals surface area contributed by atoms with Crippen LogP contribution in [0.2, 0.25) is 0 Å². The molecule has 182 valence electrons. The molecule has 2 atom stereocenters. The maximum absolute atomic E-state index is 12.9. The van der Waals surface area contributed by atoms with Crippen LogP contribution < -0.4 is 16.0 Å². The van der Waals surface area contributed by atoms with E-state index < -0.39 is 40.0 Å². The van der Waals surface area contributed by atoms with Gasteiger partial charge in [0, 0.05) is 13.1 Å². The molecular formula is C23H28N4O6S. The number of benzene rings is 2. The Hall–Kier alpha value is -3.44. The molecule has 2 aromatic carbocycles. The summed E-state index contributed by atoms with van der Waals surface area (Å²) in [6.07, 6.45) is 0.779. The Balaban J connectivity index is 1.55. The van der Waals surface area contributed by atoms with Gasteiger partial charge in [-0.15, -0.1) is 0 Å². The standard InChI is InChI=1S/C23H28N4O6S/c28-21(20-12-7-13-27(20)34(32,33)16-18-10-5-2-6-11-18)26-19(22(29)30)15-25-23(31)24-14-17-8-3-1-4-9-17/h1-6,8-11,19-20H,7,12-16H2,(H,26,28)(H,29,30)(H2,24,25,31)/t19-,20-/m0/s1. The summed E-state index contributed by atoms with van der Waals surface area (Å²) in [6.45, 7) is 0.0867. The quantitative estimate of drug-likeness (QED) is 0.393. The highest BCUT2D eigenvalue weighted by atomic mass is 32.2. The van der Waals surface area contributed by atoms with Crippen molar-refractivity contribution in [2.24, 2.45) is 0 Å². The summed E-state index contributed by atoms with van der Waals surface area (Å²) in [4.78, 5) is 36.5. The van der Waals surface area contributed by atoms with Crippen molar-refractivity contribution < 1.29 is 27.9 Å². The van der Waals surface area contributed by atoms with E-state index in [2.05, 4.69) is 16.0 Å². The predicted molar refractivity (Wildman–Crippen MR) is 125 cm³/mol. The minimum absolute atomic E-state index is 0.186. The molecule has 1 saturated heterocycles. The molecular weight excluding hydrogens is 460 g/mol. The molecule has 11 heteroatoms. The fraction of sp³-hybridized carbons (Fsp3) is 0.348. The molecule has 2 aromatic rings. The van der Waals surface area contributed by atoms with Crippen molar-refractivity contribution in [2.45, 2.75) is 37.2 Å².